The highest BCUT2D eigenvalue weighted by Crippen LogP contribution is 2.22. The van der Waals surface area contributed by atoms with Crippen molar-refractivity contribution in [2.75, 3.05) is 7.11 Å². The average Bonchev–Trinajstić information content (AvgIpc) is 2.26. The molecule has 0 aliphatic carbocycles. The Morgan fingerprint density at radius 3 is 2.80 bits per heavy atom. The van der Waals surface area contributed by atoms with E-state index >= 15 is 0 Å². The minimum atomic E-state index is -0.228. The van der Waals surface area contributed by atoms with Crippen LogP contribution in [0.25, 0.3) is 0 Å². The molecule has 0 saturated heterocycles. The molecule has 0 amide bonds. The molecule has 0 fully saturated rings. The molecule has 1 aromatic carbocycles. The minimum Gasteiger partial charge on any atom is -0.496 e. The highest BCUT2D eigenvalue weighted by molar-refractivity contribution is 6.20. The molecule has 0 aliphatic rings. The maximum absolute atomic E-state index is 13.0. The summed E-state index contributed by atoms with van der Waals surface area (Å²) in [5.41, 5.74) is 0.886. The molecule has 0 saturated carbocycles. The second-order valence-corrected chi connectivity index (χ2v) is 4.12. The standard InChI is InChI=1S/C12H16ClFO/c1-3-10(13)5-4-9-8-11(14)6-7-12(9)15-2/h6-8,10H,3-5H2,1-2H3. The van der Waals surface area contributed by atoms with Gasteiger partial charge in [0.25, 0.3) is 0 Å². The van der Waals surface area contributed by atoms with Crippen molar-refractivity contribution >= 4 is 11.6 Å². The molecule has 1 aromatic rings. The van der Waals surface area contributed by atoms with Crippen LogP contribution in [0.3, 0.4) is 0 Å². The topological polar surface area (TPSA) is 9.23 Å². The Kier molecular flexibility index (Phi) is 4.89. The van der Waals surface area contributed by atoms with Gasteiger partial charge in [-0.3, -0.25) is 0 Å². The first-order valence-electron chi connectivity index (χ1n) is 5.13. The van der Waals surface area contributed by atoms with Crippen LogP contribution >= 0.6 is 11.6 Å². The van der Waals surface area contributed by atoms with Gasteiger partial charge >= 0.3 is 0 Å². The van der Waals surface area contributed by atoms with Crippen molar-refractivity contribution in [3.8, 4) is 5.75 Å². The molecular weight excluding hydrogens is 215 g/mol. The van der Waals surface area contributed by atoms with E-state index in [1.807, 2.05) is 6.92 Å². The summed E-state index contributed by atoms with van der Waals surface area (Å²) in [6, 6.07) is 4.57. The Morgan fingerprint density at radius 2 is 2.20 bits per heavy atom. The lowest BCUT2D eigenvalue weighted by molar-refractivity contribution is 0.407. The van der Waals surface area contributed by atoms with E-state index in [0.717, 1.165) is 30.6 Å². The predicted octanol–water partition coefficient (Wildman–Crippen LogP) is 3.78. The zero-order valence-electron chi connectivity index (χ0n) is 9.09. The number of methoxy groups -OCH3 is 1. The van der Waals surface area contributed by atoms with Gasteiger partial charge in [0.05, 0.1) is 7.11 Å². The minimum absolute atomic E-state index is 0.151. The quantitative estimate of drug-likeness (QED) is 0.700. The smallest absolute Gasteiger partial charge is 0.123 e. The number of benzene rings is 1. The Balaban J connectivity index is 2.69. The first-order valence-corrected chi connectivity index (χ1v) is 5.57. The van der Waals surface area contributed by atoms with E-state index in [2.05, 4.69) is 0 Å². The van der Waals surface area contributed by atoms with E-state index in [9.17, 15) is 4.39 Å². The van der Waals surface area contributed by atoms with Crippen LogP contribution in [-0.2, 0) is 6.42 Å². The van der Waals surface area contributed by atoms with Crippen LogP contribution in [0.5, 0.6) is 5.75 Å². The molecule has 84 valence electrons. The second-order valence-electron chi connectivity index (χ2n) is 3.50. The normalized spacial score (nSPS) is 12.5. The van der Waals surface area contributed by atoms with Crippen molar-refractivity contribution in [1.82, 2.24) is 0 Å². The zero-order chi connectivity index (χ0) is 11.3. The number of hydrogen-bond donors (Lipinski definition) is 0. The number of halogens is 2. The average molecular weight is 231 g/mol. The van der Waals surface area contributed by atoms with Crippen LogP contribution in [0.1, 0.15) is 25.3 Å². The molecule has 3 heteroatoms. The number of ether oxygens (including phenoxy) is 1. The summed E-state index contributed by atoms with van der Waals surface area (Å²) in [6.07, 6.45) is 2.53. The van der Waals surface area contributed by atoms with E-state index in [-0.39, 0.29) is 11.2 Å². The van der Waals surface area contributed by atoms with Gasteiger partial charge in [-0.25, -0.2) is 4.39 Å². The van der Waals surface area contributed by atoms with E-state index in [1.54, 1.807) is 13.2 Å². The zero-order valence-corrected chi connectivity index (χ0v) is 9.85. The number of aryl methyl sites for hydroxylation is 1. The van der Waals surface area contributed by atoms with E-state index in [1.165, 1.54) is 12.1 Å². The number of alkyl halides is 1. The Morgan fingerprint density at radius 1 is 1.47 bits per heavy atom. The predicted molar refractivity (Wildman–Crippen MR) is 61.2 cm³/mol. The van der Waals surface area contributed by atoms with E-state index < -0.39 is 0 Å². The molecule has 1 rings (SSSR count). The fourth-order valence-electron chi connectivity index (χ4n) is 1.46. The lowest BCUT2D eigenvalue weighted by atomic mass is 10.1. The summed E-state index contributed by atoms with van der Waals surface area (Å²) in [5, 5.41) is 0.151. The first-order chi connectivity index (χ1) is 7.17. The van der Waals surface area contributed by atoms with Crippen molar-refractivity contribution in [3.05, 3.63) is 29.6 Å². The van der Waals surface area contributed by atoms with Gasteiger partial charge in [0.2, 0.25) is 0 Å². The highest BCUT2D eigenvalue weighted by atomic mass is 35.5. The van der Waals surface area contributed by atoms with Crippen LogP contribution in [0.4, 0.5) is 4.39 Å². The van der Waals surface area contributed by atoms with E-state index in [4.69, 9.17) is 16.3 Å². The van der Waals surface area contributed by atoms with Gasteiger partial charge in [-0.2, -0.15) is 0 Å². The van der Waals surface area contributed by atoms with Crippen LogP contribution < -0.4 is 4.74 Å². The van der Waals surface area contributed by atoms with Gasteiger partial charge in [-0.1, -0.05) is 6.92 Å². The summed E-state index contributed by atoms with van der Waals surface area (Å²) in [4.78, 5) is 0. The molecule has 0 heterocycles. The monoisotopic (exact) mass is 230 g/mol. The van der Waals surface area contributed by atoms with Crippen molar-refractivity contribution in [3.63, 3.8) is 0 Å². The molecule has 0 radical (unpaired) electrons. The molecule has 0 bridgehead atoms. The van der Waals surface area contributed by atoms with E-state index in [0.29, 0.717) is 0 Å². The summed E-state index contributed by atoms with van der Waals surface area (Å²) in [6.45, 7) is 2.04. The molecule has 1 nitrogen and oxygen atoms in total. The third kappa shape index (κ3) is 3.71. The van der Waals surface area contributed by atoms with Gasteiger partial charge in [0, 0.05) is 5.38 Å². The van der Waals surface area contributed by atoms with Crippen LogP contribution in [0.15, 0.2) is 18.2 Å². The molecule has 15 heavy (non-hydrogen) atoms. The first kappa shape index (κ1) is 12.3. The molecule has 1 unspecified atom stereocenters. The molecular formula is C12H16ClFO. The third-order valence-corrected chi connectivity index (χ3v) is 2.94. The van der Waals surface area contributed by atoms with Gasteiger partial charge in [0.15, 0.2) is 0 Å². The van der Waals surface area contributed by atoms with Crippen molar-refractivity contribution in [2.24, 2.45) is 0 Å². The van der Waals surface area contributed by atoms with Gasteiger partial charge in [-0.15, -0.1) is 11.6 Å². The molecule has 0 spiro atoms. The SMILES string of the molecule is CCC(Cl)CCc1cc(F)ccc1OC. The summed E-state index contributed by atoms with van der Waals surface area (Å²) < 4.78 is 18.2. The highest BCUT2D eigenvalue weighted by Gasteiger charge is 2.07. The second kappa shape index (κ2) is 5.96. The summed E-state index contributed by atoms with van der Waals surface area (Å²) in [5.74, 6) is 0.504. The Hall–Kier alpha value is -0.760. The maximum atomic E-state index is 13.0. The van der Waals surface area contributed by atoms with Crippen LogP contribution in [0.2, 0.25) is 0 Å². The lowest BCUT2D eigenvalue weighted by Crippen LogP contribution is -2.00. The Bertz CT molecular complexity index is 314. The van der Waals surface area contributed by atoms with Crippen molar-refractivity contribution in [1.29, 1.82) is 0 Å². The summed E-state index contributed by atoms with van der Waals surface area (Å²) in [7, 11) is 1.59. The number of rotatable bonds is 5. The molecule has 0 aliphatic heterocycles. The fourth-order valence-corrected chi connectivity index (χ4v) is 1.57. The Labute approximate surface area is 95.2 Å². The molecule has 0 N–H and O–H groups in total. The van der Waals surface area contributed by atoms with Gasteiger partial charge < -0.3 is 4.74 Å². The molecule has 1 atom stereocenters. The van der Waals surface area contributed by atoms with Crippen molar-refractivity contribution < 1.29 is 9.13 Å². The van der Waals surface area contributed by atoms with Crippen LogP contribution in [-0.4, -0.2) is 12.5 Å². The largest absolute Gasteiger partial charge is 0.496 e. The maximum Gasteiger partial charge on any atom is 0.123 e. The van der Waals surface area contributed by atoms with Gasteiger partial charge in [0.1, 0.15) is 11.6 Å². The van der Waals surface area contributed by atoms with Gasteiger partial charge in [-0.05, 0) is 43.0 Å². The van der Waals surface area contributed by atoms with Crippen molar-refractivity contribution in [2.45, 2.75) is 31.6 Å². The summed E-state index contributed by atoms with van der Waals surface area (Å²) >= 11 is 6.02. The van der Waals surface area contributed by atoms with Crippen LogP contribution in [0, 0.1) is 5.82 Å². The fraction of sp³-hybridized carbons (Fsp3) is 0.500. The lowest BCUT2D eigenvalue weighted by Gasteiger charge is -2.10. The molecule has 0 aromatic heterocycles. The number of hydrogen-bond acceptors (Lipinski definition) is 1. The third-order valence-electron chi connectivity index (χ3n) is 2.41.